The average molecular weight is 327 g/mol. The topological polar surface area (TPSA) is 63.1 Å². The second kappa shape index (κ2) is 6.07. The van der Waals surface area contributed by atoms with Crippen LogP contribution in [0.4, 0.5) is 5.82 Å². The third kappa shape index (κ3) is 2.64. The summed E-state index contributed by atoms with van der Waals surface area (Å²) in [4.78, 5) is 23.3. The minimum atomic E-state index is 0.299. The van der Waals surface area contributed by atoms with E-state index in [4.69, 9.17) is 0 Å². The van der Waals surface area contributed by atoms with Gasteiger partial charge < -0.3 is 14.8 Å². The number of nitrogens with one attached hydrogen (secondary N) is 1. The van der Waals surface area contributed by atoms with Crippen molar-refractivity contribution in [1.82, 2.24) is 19.4 Å². The maximum atomic E-state index is 12.3. The van der Waals surface area contributed by atoms with Crippen LogP contribution in [0.1, 0.15) is 44.7 Å². The van der Waals surface area contributed by atoms with Gasteiger partial charge in [-0.2, -0.15) is 0 Å². The summed E-state index contributed by atoms with van der Waals surface area (Å²) in [7, 11) is 0. The molecule has 128 valence electrons. The van der Waals surface area contributed by atoms with Crippen LogP contribution in [-0.4, -0.2) is 45.0 Å². The van der Waals surface area contributed by atoms with Crippen LogP contribution in [0.15, 0.2) is 12.5 Å². The largest absolute Gasteiger partial charge is 0.369 e. The lowest BCUT2D eigenvalue weighted by Crippen LogP contribution is -2.39. The number of amides is 1. The summed E-state index contributed by atoms with van der Waals surface area (Å²) in [5.41, 5.74) is 3.51. The molecule has 0 unspecified atom stereocenters. The van der Waals surface area contributed by atoms with E-state index < -0.39 is 0 Å². The zero-order valence-corrected chi connectivity index (χ0v) is 14.5. The van der Waals surface area contributed by atoms with E-state index in [0.29, 0.717) is 24.3 Å². The second-order valence-corrected chi connectivity index (χ2v) is 7.36. The van der Waals surface area contributed by atoms with Gasteiger partial charge in [-0.1, -0.05) is 13.8 Å². The van der Waals surface area contributed by atoms with Crippen molar-refractivity contribution in [3.8, 4) is 0 Å². The number of piperidine rings is 1. The molecule has 4 heterocycles. The lowest BCUT2D eigenvalue weighted by atomic mass is 10.0. The van der Waals surface area contributed by atoms with E-state index in [0.717, 1.165) is 50.2 Å². The highest BCUT2D eigenvalue weighted by Crippen LogP contribution is 2.32. The van der Waals surface area contributed by atoms with E-state index in [2.05, 4.69) is 33.7 Å². The molecule has 6 heteroatoms. The lowest BCUT2D eigenvalue weighted by Gasteiger charge is -2.33. The lowest BCUT2D eigenvalue weighted by molar-refractivity contribution is -0.133. The molecule has 0 radical (unpaired) electrons. The zero-order valence-electron chi connectivity index (χ0n) is 14.5. The smallest absolute Gasteiger partial charge is 0.222 e. The second-order valence-electron chi connectivity index (χ2n) is 7.36. The van der Waals surface area contributed by atoms with Gasteiger partial charge in [-0.05, 0) is 25.2 Å². The number of carbonyl (C=O) groups excluding carboxylic acids is 1. The highest BCUT2D eigenvalue weighted by atomic mass is 16.2. The number of aromatic nitrogens is 3. The maximum Gasteiger partial charge on any atom is 0.222 e. The van der Waals surface area contributed by atoms with Crippen molar-refractivity contribution in [3.05, 3.63) is 18.1 Å². The van der Waals surface area contributed by atoms with Crippen molar-refractivity contribution in [1.29, 1.82) is 0 Å². The van der Waals surface area contributed by atoms with E-state index >= 15 is 0 Å². The molecule has 0 spiro atoms. The molecule has 0 aliphatic carbocycles. The van der Waals surface area contributed by atoms with Gasteiger partial charge in [0, 0.05) is 37.7 Å². The van der Waals surface area contributed by atoms with E-state index in [1.165, 1.54) is 11.1 Å². The summed E-state index contributed by atoms with van der Waals surface area (Å²) < 4.78 is 2.33. The van der Waals surface area contributed by atoms with Crippen molar-refractivity contribution in [2.45, 2.75) is 45.6 Å². The van der Waals surface area contributed by atoms with Crippen LogP contribution in [0.2, 0.25) is 0 Å². The molecule has 0 bridgehead atoms. The Morgan fingerprint density at radius 3 is 2.88 bits per heavy atom. The Balaban J connectivity index is 1.53. The quantitative estimate of drug-likeness (QED) is 0.941. The van der Waals surface area contributed by atoms with Crippen LogP contribution in [0, 0.1) is 5.92 Å². The fourth-order valence-electron chi connectivity index (χ4n) is 3.94. The highest BCUT2D eigenvalue weighted by Gasteiger charge is 2.27. The number of rotatable bonds is 3. The summed E-state index contributed by atoms with van der Waals surface area (Å²) in [6.45, 7) is 6.85. The van der Waals surface area contributed by atoms with Gasteiger partial charge in [0.05, 0.1) is 18.0 Å². The molecule has 24 heavy (non-hydrogen) atoms. The molecule has 2 aromatic rings. The molecule has 2 aliphatic rings. The molecule has 4 rings (SSSR count). The molecule has 2 aromatic heterocycles. The Bertz CT molecular complexity index is 758. The number of nitrogens with zero attached hydrogens (tertiary/aromatic N) is 4. The number of anilines is 1. The normalized spacial score (nSPS) is 18.2. The van der Waals surface area contributed by atoms with Crippen LogP contribution in [0.5, 0.6) is 0 Å². The van der Waals surface area contributed by atoms with Crippen LogP contribution in [0.3, 0.4) is 0 Å². The van der Waals surface area contributed by atoms with Crippen LogP contribution in [0.25, 0.3) is 11.0 Å². The molecular formula is C18H25N5O. The van der Waals surface area contributed by atoms with Crippen LogP contribution >= 0.6 is 0 Å². The number of fused-ring (bicyclic) bond motifs is 3. The SMILES string of the molecule is CC(C)CC(=O)N1CCC(n2cnc3cnc4c(c32)CCN4)CC1. The summed E-state index contributed by atoms with van der Waals surface area (Å²) in [6.07, 6.45) is 7.49. The van der Waals surface area contributed by atoms with Gasteiger partial charge in [-0.25, -0.2) is 9.97 Å². The number of hydrogen-bond acceptors (Lipinski definition) is 4. The monoisotopic (exact) mass is 327 g/mol. The van der Waals surface area contributed by atoms with Crippen molar-refractivity contribution in [3.63, 3.8) is 0 Å². The fraction of sp³-hybridized carbons (Fsp3) is 0.611. The van der Waals surface area contributed by atoms with Crippen LogP contribution in [-0.2, 0) is 11.2 Å². The Kier molecular flexibility index (Phi) is 3.90. The Labute approximate surface area is 142 Å². The summed E-state index contributed by atoms with van der Waals surface area (Å²) in [5, 5.41) is 3.35. The summed E-state index contributed by atoms with van der Waals surface area (Å²) in [6, 6.07) is 0.421. The van der Waals surface area contributed by atoms with Gasteiger partial charge in [0.25, 0.3) is 0 Å². The molecule has 0 aromatic carbocycles. The van der Waals surface area contributed by atoms with Gasteiger partial charge in [0.2, 0.25) is 5.91 Å². The number of likely N-dealkylation sites (tertiary alicyclic amines) is 1. The standard InChI is InChI=1S/C18H25N5O/c1-12(2)9-16(24)22-7-4-13(5-8-22)23-11-21-15-10-20-18-14(17(15)23)3-6-19-18/h10-13H,3-9H2,1-2H3,(H,19,20). The van der Waals surface area contributed by atoms with Gasteiger partial charge in [-0.15, -0.1) is 0 Å². The molecule has 2 aliphatic heterocycles. The average Bonchev–Trinajstić information content (AvgIpc) is 3.20. The predicted octanol–water partition coefficient (Wildman–Crippen LogP) is 2.61. The number of pyridine rings is 1. The summed E-state index contributed by atoms with van der Waals surface area (Å²) in [5.74, 6) is 1.73. The third-order valence-corrected chi connectivity index (χ3v) is 5.17. The molecule has 0 saturated carbocycles. The minimum Gasteiger partial charge on any atom is -0.369 e. The Morgan fingerprint density at radius 1 is 1.33 bits per heavy atom. The van der Waals surface area contributed by atoms with Crippen molar-refractivity contribution in [2.24, 2.45) is 5.92 Å². The number of imidazole rings is 1. The first-order valence-electron chi connectivity index (χ1n) is 8.99. The first-order valence-corrected chi connectivity index (χ1v) is 8.99. The highest BCUT2D eigenvalue weighted by molar-refractivity contribution is 5.83. The molecule has 1 N–H and O–H groups in total. The third-order valence-electron chi connectivity index (χ3n) is 5.17. The zero-order chi connectivity index (χ0) is 16.7. The molecule has 1 fully saturated rings. The molecule has 1 saturated heterocycles. The van der Waals surface area contributed by atoms with Gasteiger partial charge >= 0.3 is 0 Å². The first-order chi connectivity index (χ1) is 11.6. The van der Waals surface area contributed by atoms with Crippen molar-refractivity contribution >= 4 is 22.8 Å². The molecular weight excluding hydrogens is 302 g/mol. The van der Waals surface area contributed by atoms with Gasteiger partial charge in [-0.3, -0.25) is 4.79 Å². The minimum absolute atomic E-state index is 0.299. The fourth-order valence-corrected chi connectivity index (χ4v) is 3.94. The van der Waals surface area contributed by atoms with Crippen molar-refractivity contribution < 1.29 is 4.79 Å². The first kappa shape index (κ1) is 15.4. The maximum absolute atomic E-state index is 12.3. The van der Waals surface area contributed by atoms with Gasteiger partial charge in [0.15, 0.2) is 0 Å². The predicted molar refractivity (Wildman–Crippen MR) is 94.0 cm³/mol. The van der Waals surface area contributed by atoms with E-state index in [1.54, 1.807) is 0 Å². The number of hydrogen-bond donors (Lipinski definition) is 1. The molecule has 0 atom stereocenters. The molecule has 6 nitrogen and oxygen atoms in total. The Hall–Kier alpha value is -2.11. The summed E-state index contributed by atoms with van der Waals surface area (Å²) >= 11 is 0. The van der Waals surface area contributed by atoms with E-state index in [1.807, 2.05) is 17.4 Å². The number of carbonyl (C=O) groups is 1. The van der Waals surface area contributed by atoms with Crippen molar-refractivity contribution in [2.75, 3.05) is 25.0 Å². The Morgan fingerprint density at radius 2 is 2.12 bits per heavy atom. The van der Waals surface area contributed by atoms with E-state index in [9.17, 15) is 4.79 Å². The molecule has 1 amide bonds. The van der Waals surface area contributed by atoms with E-state index in [-0.39, 0.29) is 0 Å². The van der Waals surface area contributed by atoms with Gasteiger partial charge in [0.1, 0.15) is 11.3 Å². The van der Waals surface area contributed by atoms with Crippen LogP contribution < -0.4 is 5.32 Å².